The summed E-state index contributed by atoms with van der Waals surface area (Å²) >= 11 is 8.67. The van der Waals surface area contributed by atoms with Gasteiger partial charge in [0.05, 0.1) is 14.9 Å². The molecule has 25 heavy (non-hydrogen) atoms. The van der Waals surface area contributed by atoms with Crippen molar-refractivity contribution in [1.29, 1.82) is 0 Å². The highest BCUT2D eigenvalue weighted by Gasteiger charge is 2.11. The molecule has 2 aromatic heterocycles. The van der Waals surface area contributed by atoms with Crippen molar-refractivity contribution < 1.29 is 4.68 Å². The van der Waals surface area contributed by atoms with Gasteiger partial charge in [0.25, 0.3) is 0 Å². The number of benzene rings is 2. The summed E-state index contributed by atoms with van der Waals surface area (Å²) in [5, 5.41) is 1.86. The number of thiazole rings is 2. The van der Waals surface area contributed by atoms with Crippen molar-refractivity contribution >= 4 is 95.5 Å². The van der Waals surface area contributed by atoms with Crippen LogP contribution < -0.4 is 27.7 Å². The number of fused-ring (bicyclic) bond motifs is 2. The zero-order valence-electron chi connectivity index (χ0n) is 12.7. The van der Waals surface area contributed by atoms with E-state index in [0.717, 1.165) is 26.1 Å². The van der Waals surface area contributed by atoms with Crippen molar-refractivity contribution in [2.45, 2.75) is 0 Å². The molecular weight excluding hydrogens is 423 g/mol. The maximum absolute atomic E-state index is 5.80. The quantitative estimate of drug-likeness (QED) is 0.190. The van der Waals surface area contributed by atoms with Gasteiger partial charge in [0.15, 0.2) is 10.6 Å². The van der Waals surface area contributed by atoms with E-state index in [0.29, 0.717) is 15.3 Å². The third-order valence-corrected chi connectivity index (χ3v) is 5.10. The maximum Gasteiger partial charge on any atom is 0.356 e. The number of nitrogens with zero attached hydrogens (tertiary/aromatic N) is 2. The zero-order valence-corrected chi connectivity index (χ0v) is 16.7. The molecule has 11 heteroatoms. The smallest absolute Gasteiger partial charge is 0.356 e. The summed E-state index contributed by atoms with van der Waals surface area (Å²) in [5.41, 5.74) is 19.3. The molecule has 2 aromatic carbocycles. The number of hydrogen-bond acceptors (Lipinski definition) is 7. The van der Waals surface area contributed by atoms with Crippen LogP contribution in [0.5, 0.6) is 0 Å². The van der Waals surface area contributed by atoms with Gasteiger partial charge in [-0.3, -0.25) is 11.6 Å². The van der Waals surface area contributed by atoms with Crippen LogP contribution in [0.1, 0.15) is 0 Å². The normalized spacial score (nSPS) is 9.80. The number of anilines is 3. The van der Waals surface area contributed by atoms with E-state index >= 15 is 0 Å². The Hall–Kier alpha value is -1.71. The molecule has 4 aromatic rings. The molecule has 0 aliphatic rings. The van der Waals surface area contributed by atoms with E-state index in [1.807, 2.05) is 30.3 Å². The fraction of sp³-hybridized carbons (Fsp3) is 0. The van der Waals surface area contributed by atoms with Gasteiger partial charge < -0.3 is 11.5 Å². The first-order valence-electron chi connectivity index (χ1n) is 6.50. The van der Waals surface area contributed by atoms with Crippen molar-refractivity contribution in [3.63, 3.8) is 0 Å². The van der Waals surface area contributed by atoms with Crippen LogP contribution in [0.2, 0.25) is 5.02 Å². The number of halogens is 3. The molecule has 0 atom stereocenters. The monoisotopic (exact) mass is 437 g/mol. The Kier molecular flexibility index (Phi) is 7.33. The second kappa shape index (κ2) is 8.59. The second-order valence-electron chi connectivity index (χ2n) is 4.70. The molecule has 0 unspecified atom stereocenters. The van der Waals surface area contributed by atoms with Gasteiger partial charge in [-0.25, -0.2) is 4.98 Å². The summed E-state index contributed by atoms with van der Waals surface area (Å²) in [6.07, 6.45) is 0. The Morgan fingerprint density at radius 2 is 1.64 bits per heavy atom. The van der Waals surface area contributed by atoms with Crippen LogP contribution in [0.25, 0.3) is 20.4 Å². The van der Waals surface area contributed by atoms with E-state index in [9.17, 15) is 0 Å². The molecule has 8 N–H and O–H groups in total. The first kappa shape index (κ1) is 21.3. The summed E-state index contributed by atoms with van der Waals surface area (Å²) in [7, 11) is 0. The molecule has 0 saturated heterocycles. The molecule has 134 valence electrons. The molecule has 0 saturated carbocycles. The Morgan fingerprint density at radius 1 is 0.920 bits per heavy atom. The van der Waals surface area contributed by atoms with E-state index in [4.69, 9.17) is 34.6 Å². The lowest BCUT2D eigenvalue weighted by Crippen LogP contribution is -2.45. The Morgan fingerprint density at radius 3 is 2.36 bits per heavy atom. The lowest BCUT2D eigenvalue weighted by Gasteiger charge is -1.88. The number of rotatable bonds is 0. The first-order valence-corrected chi connectivity index (χ1v) is 8.51. The fourth-order valence-corrected chi connectivity index (χ4v) is 3.91. The number of nitrogens with two attached hydrogens (primary N) is 4. The standard InChI is InChI=1S/C7H6ClN3S.C7H7N3S.2ClH/c8-4-1-2-5-6(3-4)12-7(9)11(5)10;8-4-1-2-5-6(3-4)11-7(9)10-5;;/h1-3,9H,10H2;1-3H,8H2,(H2,9,10);2*1H/p+1. The number of hydrogen-bond donors (Lipinski definition) is 4. The summed E-state index contributed by atoms with van der Waals surface area (Å²) in [6.45, 7) is 0. The SMILES string of the molecule is Cl.Cl.Nc1ccc2nc(N)sc2c1.Nc1sc2cc(Cl)ccc2[n+]1N. The van der Waals surface area contributed by atoms with Gasteiger partial charge >= 0.3 is 5.13 Å². The summed E-state index contributed by atoms with van der Waals surface area (Å²) in [4.78, 5) is 4.10. The van der Waals surface area contributed by atoms with E-state index in [1.54, 1.807) is 6.07 Å². The van der Waals surface area contributed by atoms with Gasteiger partial charge in [0.2, 0.25) is 0 Å². The van der Waals surface area contributed by atoms with Crippen LogP contribution in [0.4, 0.5) is 16.0 Å². The average molecular weight is 439 g/mol. The van der Waals surface area contributed by atoms with Crippen molar-refractivity contribution in [3.8, 4) is 0 Å². The number of nitrogen functional groups attached to an aromatic ring is 4. The van der Waals surface area contributed by atoms with Crippen molar-refractivity contribution in [3.05, 3.63) is 41.4 Å². The van der Waals surface area contributed by atoms with Crippen LogP contribution in [0, 0.1) is 0 Å². The predicted molar refractivity (Wildman–Crippen MR) is 115 cm³/mol. The van der Waals surface area contributed by atoms with Gasteiger partial charge in [-0.15, -0.1) is 29.5 Å². The van der Waals surface area contributed by atoms with Crippen molar-refractivity contribution in [2.24, 2.45) is 0 Å². The average Bonchev–Trinajstić information content (AvgIpc) is 2.98. The van der Waals surface area contributed by atoms with Gasteiger partial charge in [0, 0.05) is 10.7 Å². The molecule has 0 fully saturated rings. The maximum atomic E-state index is 5.80. The second-order valence-corrected chi connectivity index (χ2v) is 7.26. The minimum atomic E-state index is 0. The van der Waals surface area contributed by atoms with E-state index < -0.39 is 0 Å². The van der Waals surface area contributed by atoms with Crippen molar-refractivity contribution in [2.75, 3.05) is 23.0 Å². The Balaban J connectivity index is 0.000000232. The van der Waals surface area contributed by atoms with Crippen LogP contribution in [-0.4, -0.2) is 4.98 Å². The molecule has 0 aliphatic carbocycles. The molecule has 2 heterocycles. The van der Waals surface area contributed by atoms with E-state index in [2.05, 4.69) is 4.98 Å². The lowest BCUT2D eigenvalue weighted by molar-refractivity contribution is -0.591. The summed E-state index contributed by atoms with van der Waals surface area (Å²) < 4.78 is 3.50. The van der Waals surface area contributed by atoms with Crippen molar-refractivity contribution in [1.82, 2.24) is 4.98 Å². The highest BCUT2D eigenvalue weighted by molar-refractivity contribution is 7.22. The van der Waals surface area contributed by atoms with Gasteiger partial charge in [-0.1, -0.05) is 22.9 Å². The number of aromatic nitrogens is 2. The molecule has 4 rings (SSSR count). The van der Waals surface area contributed by atoms with Crippen LogP contribution >= 0.6 is 59.1 Å². The van der Waals surface area contributed by atoms with Crippen LogP contribution in [-0.2, 0) is 0 Å². The molecule has 0 bridgehead atoms. The third-order valence-electron chi connectivity index (χ3n) is 3.06. The predicted octanol–water partition coefficient (Wildman–Crippen LogP) is 3.44. The minimum Gasteiger partial charge on any atom is -0.399 e. The zero-order chi connectivity index (χ0) is 16.6. The van der Waals surface area contributed by atoms with Gasteiger partial charge in [-0.05, 0) is 47.7 Å². The highest BCUT2D eigenvalue weighted by Crippen LogP contribution is 2.25. The van der Waals surface area contributed by atoms with E-state index in [1.165, 1.54) is 27.3 Å². The van der Waals surface area contributed by atoms with Crippen LogP contribution in [0.3, 0.4) is 0 Å². The lowest BCUT2D eigenvalue weighted by atomic mass is 10.3. The van der Waals surface area contributed by atoms with Gasteiger partial charge in [-0.2, -0.15) is 0 Å². The molecule has 0 amide bonds. The third kappa shape index (κ3) is 4.68. The minimum absolute atomic E-state index is 0. The molecule has 6 nitrogen and oxygen atoms in total. The molecular formula is C14H16Cl3N6S2+. The first-order chi connectivity index (χ1) is 10.9. The molecule has 0 spiro atoms. The van der Waals surface area contributed by atoms with Crippen LogP contribution in [0.15, 0.2) is 36.4 Å². The van der Waals surface area contributed by atoms with E-state index in [-0.39, 0.29) is 24.8 Å². The Labute approximate surface area is 169 Å². The summed E-state index contributed by atoms with van der Waals surface area (Å²) in [5.74, 6) is 5.65. The highest BCUT2D eigenvalue weighted by atomic mass is 35.5. The molecule has 0 radical (unpaired) electrons. The van der Waals surface area contributed by atoms with Gasteiger partial charge in [0.1, 0.15) is 0 Å². The molecule has 0 aliphatic heterocycles. The largest absolute Gasteiger partial charge is 0.399 e. The fourth-order valence-electron chi connectivity index (χ4n) is 2.01. The topological polar surface area (TPSA) is 121 Å². The summed E-state index contributed by atoms with van der Waals surface area (Å²) in [6, 6.07) is 11.1. The Bertz CT molecular complexity index is 1000.